The van der Waals surface area contributed by atoms with Gasteiger partial charge < -0.3 is 10.1 Å². The van der Waals surface area contributed by atoms with Crippen LogP contribution in [0.3, 0.4) is 0 Å². The van der Waals surface area contributed by atoms with Crippen molar-refractivity contribution in [1.82, 2.24) is 5.32 Å². The van der Waals surface area contributed by atoms with Gasteiger partial charge in [0.05, 0.1) is 12.2 Å². The monoisotopic (exact) mass is 270 g/mol. The molecule has 2 N–H and O–H groups in total. The van der Waals surface area contributed by atoms with Crippen LogP contribution in [-0.2, 0) is 9.53 Å². The normalized spacial score (nSPS) is 9.67. The number of nitrogens with one attached hydrogen (secondary N) is 2. The number of ether oxygens (including phenoxy) is 1. The Morgan fingerprint density at radius 2 is 2.06 bits per heavy atom. The van der Waals surface area contributed by atoms with E-state index in [2.05, 4.69) is 15.4 Å². The number of alkyl carbamates (subject to hydrolysis) is 1. The van der Waals surface area contributed by atoms with Gasteiger partial charge in [-0.2, -0.15) is 0 Å². The molecule has 0 aromatic carbocycles. The van der Waals surface area contributed by atoms with Crippen LogP contribution in [-0.4, -0.2) is 24.5 Å². The van der Waals surface area contributed by atoms with Gasteiger partial charge in [0.25, 0.3) is 5.91 Å². The van der Waals surface area contributed by atoms with Gasteiger partial charge in [-0.3, -0.25) is 14.9 Å². The molecule has 1 rings (SSSR count). The molecular weight excluding hydrogens is 256 g/mol. The maximum absolute atomic E-state index is 11.7. The van der Waals surface area contributed by atoms with E-state index in [4.69, 9.17) is 0 Å². The molecule has 3 amide bonds. The molecule has 6 nitrogen and oxygen atoms in total. The van der Waals surface area contributed by atoms with Gasteiger partial charge in [-0.25, -0.2) is 4.79 Å². The van der Waals surface area contributed by atoms with Crippen LogP contribution in [0.1, 0.15) is 30.6 Å². The van der Waals surface area contributed by atoms with Crippen LogP contribution >= 0.6 is 11.3 Å². The summed E-state index contributed by atoms with van der Waals surface area (Å²) in [5.41, 5.74) is 0.245. The highest BCUT2D eigenvalue weighted by atomic mass is 32.1. The average Bonchev–Trinajstić information content (AvgIpc) is 2.77. The van der Waals surface area contributed by atoms with Crippen molar-refractivity contribution in [2.24, 2.45) is 0 Å². The lowest BCUT2D eigenvalue weighted by Crippen LogP contribution is -2.31. The van der Waals surface area contributed by atoms with Crippen molar-refractivity contribution < 1.29 is 19.1 Å². The zero-order valence-electron chi connectivity index (χ0n) is 10.1. The van der Waals surface area contributed by atoms with Gasteiger partial charge in [-0.05, 0) is 18.4 Å². The molecule has 18 heavy (non-hydrogen) atoms. The molecule has 0 aliphatic heterocycles. The molecule has 1 heterocycles. The molecular formula is C11H14N2O4S. The highest BCUT2D eigenvalue weighted by Gasteiger charge is 2.17. The molecule has 0 atom stereocenters. The molecule has 0 spiro atoms. The summed E-state index contributed by atoms with van der Waals surface area (Å²) in [6, 6.07) is 1.53. The Morgan fingerprint density at radius 1 is 1.33 bits per heavy atom. The van der Waals surface area contributed by atoms with Crippen molar-refractivity contribution in [2.45, 2.75) is 20.3 Å². The lowest BCUT2D eigenvalue weighted by atomic mass is 10.3. The molecule has 0 saturated carbocycles. The van der Waals surface area contributed by atoms with Crippen LogP contribution in [0.5, 0.6) is 0 Å². The molecule has 1 aromatic rings. The van der Waals surface area contributed by atoms with Gasteiger partial charge in [0, 0.05) is 6.42 Å². The number of rotatable bonds is 4. The van der Waals surface area contributed by atoms with Crippen molar-refractivity contribution in [2.75, 3.05) is 11.9 Å². The maximum atomic E-state index is 11.7. The zero-order chi connectivity index (χ0) is 13.5. The van der Waals surface area contributed by atoms with Crippen molar-refractivity contribution >= 4 is 34.2 Å². The Hall–Kier alpha value is -1.89. The Morgan fingerprint density at radius 3 is 2.67 bits per heavy atom. The number of hydrogen-bond donors (Lipinski definition) is 2. The van der Waals surface area contributed by atoms with E-state index in [-0.39, 0.29) is 18.1 Å². The Kier molecular flexibility index (Phi) is 5.31. The minimum Gasteiger partial charge on any atom is -0.450 e. The minimum atomic E-state index is -0.804. The second kappa shape index (κ2) is 6.75. The predicted octanol–water partition coefficient (Wildman–Crippen LogP) is 1.98. The summed E-state index contributed by atoms with van der Waals surface area (Å²) >= 11 is 1.22. The third kappa shape index (κ3) is 3.85. The first-order chi connectivity index (χ1) is 8.58. The molecule has 0 unspecified atom stereocenters. The maximum Gasteiger partial charge on any atom is 0.414 e. The summed E-state index contributed by atoms with van der Waals surface area (Å²) < 4.78 is 4.60. The van der Waals surface area contributed by atoms with E-state index in [1.165, 1.54) is 17.4 Å². The lowest BCUT2D eigenvalue weighted by molar-refractivity contribution is -0.115. The van der Waals surface area contributed by atoms with E-state index < -0.39 is 12.0 Å². The van der Waals surface area contributed by atoms with E-state index in [0.29, 0.717) is 11.4 Å². The quantitative estimate of drug-likeness (QED) is 0.876. The molecule has 0 fully saturated rings. The number of carbonyl (C=O) groups is 3. The van der Waals surface area contributed by atoms with Gasteiger partial charge in [0.1, 0.15) is 5.00 Å². The van der Waals surface area contributed by atoms with Crippen molar-refractivity contribution in [1.29, 1.82) is 0 Å². The van der Waals surface area contributed by atoms with E-state index in [1.54, 1.807) is 19.2 Å². The second-order valence-corrected chi connectivity index (χ2v) is 4.16. The SMILES string of the molecule is CCOC(=O)NC(=O)c1ccsc1NC(=O)CC. The third-order valence-electron chi connectivity index (χ3n) is 1.97. The zero-order valence-corrected chi connectivity index (χ0v) is 10.9. The van der Waals surface area contributed by atoms with Crippen LogP contribution < -0.4 is 10.6 Å². The van der Waals surface area contributed by atoms with E-state index in [1.807, 2.05) is 0 Å². The van der Waals surface area contributed by atoms with E-state index in [0.717, 1.165) is 0 Å². The van der Waals surface area contributed by atoms with Gasteiger partial charge in [0.2, 0.25) is 5.91 Å². The standard InChI is InChI=1S/C11H14N2O4S/c1-3-8(14)12-10-7(5-6-18-10)9(15)13-11(16)17-4-2/h5-6H,3-4H2,1-2H3,(H,12,14)(H,13,15,16). The molecule has 0 bridgehead atoms. The second-order valence-electron chi connectivity index (χ2n) is 3.24. The highest BCUT2D eigenvalue weighted by Crippen LogP contribution is 2.23. The van der Waals surface area contributed by atoms with Gasteiger partial charge in [0.15, 0.2) is 0 Å². The van der Waals surface area contributed by atoms with Crippen LogP contribution in [0.15, 0.2) is 11.4 Å². The number of thiophene rings is 1. The topological polar surface area (TPSA) is 84.5 Å². The molecule has 0 aliphatic carbocycles. The third-order valence-corrected chi connectivity index (χ3v) is 2.80. The fourth-order valence-corrected chi connectivity index (χ4v) is 1.93. The Balaban J connectivity index is 2.71. The number of amides is 3. The molecule has 0 saturated heterocycles. The van der Waals surface area contributed by atoms with Crippen LogP contribution in [0, 0.1) is 0 Å². The molecule has 0 radical (unpaired) electrons. The summed E-state index contributed by atoms with van der Waals surface area (Å²) in [5.74, 6) is -0.788. The largest absolute Gasteiger partial charge is 0.450 e. The first-order valence-corrected chi connectivity index (χ1v) is 6.31. The summed E-state index contributed by atoms with van der Waals surface area (Å²) in [6.07, 6.45) is -0.488. The smallest absolute Gasteiger partial charge is 0.414 e. The van der Waals surface area contributed by atoms with Crippen LogP contribution in [0.2, 0.25) is 0 Å². The molecule has 7 heteroatoms. The number of carbonyl (C=O) groups excluding carboxylic acids is 3. The summed E-state index contributed by atoms with van der Waals surface area (Å²) in [7, 11) is 0. The lowest BCUT2D eigenvalue weighted by Gasteiger charge is -2.06. The van der Waals surface area contributed by atoms with Gasteiger partial charge >= 0.3 is 6.09 Å². The highest BCUT2D eigenvalue weighted by molar-refractivity contribution is 7.14. The Bertz CT molecular complexity index is 456. The van der Waals surface area contributed by atoms with Gasteiger partial charge in [-0.15, -0.1) is 11.3 Å². The number of imide groups is 1. The summed E-state index contributed by atoms with van der Waals surface area (Å²) in [6.45, 7) is 3.53. The first kappa shape index (κ1) is 14.2. The first-order valence-electron chi connectivity index (χ1n) is 5.43. The minimum absolute atomic E-state index is 0.183. The van der Waals surface area contributed by atoms with Crippen LogP contribution in [0.25, 0.3) is 0 Å². The predicted molar refractivity (Wildman–Crippen MR) is 67.7 cm³/mol. The fraction of sp³-hybridized carbons (Fsp3) is 0.364. The number of hydrogen-bond acceptors (Lipinski definition) is 5. The van der Waals surface area contributed by atoms with E-state index >= 15 is 0 Å². The number of anilines is 1. The van der Waals surface area contributed by atoms with E-state index in [9.17, 15) is 14.4 Å². The molecule has 0 aliphatic rings. The van der Waals surface area contributed by atoms with Crippen molar-refractivity contribution in [3.05, 3.63) is 17.0 Å². The van der Waals surface area contributed by atoms with Crippen LogP contribution in [0.4, 0.5) is 9.80 Å². The average molecular weight is 270 g/mol. The Labute approximate surface area is 108 Å². The molecule has 1 aromatic heterocycles. The molecule has 98 valence electrons. The van der Waals surface area contributed by atoms with Gasteiger partial charge in [-0.1, -0.05) is 6.92 Å². The summed E-state index contributed by atoms with van der Waals surface area (Å²) in [5, 5.41) is 6.74. The van der Waals surface area contributed by atoms with Crippen molar-refractivity contribution in [3.8, 4) is 0 Å². The summed E-state index contributed by atoms with van der Waals surface area (Å²) in [4.78, 5) is 34.1. The fourth-order valence-electron chi connectivity index (χ4n) is 1.13. The van der Waals surface area contributed by atoms with Crippen molar-refractivity contribution in [3.63, 3.8) is 0 Å².